The topological polar surface area (TPSA) is 32.6 Å². The summed E-state index contributed by atoms with van der Waals surface area (Å²) in [6.07, 6.45) is 7.35. The van der Waals surface area contributed by atoms with Gasteiger partial charge in [-0.15, -0.1) is 18.3 Å². The van der Waals surface area contributed by atoms with Crippen molar-refractivity contribution in [3.63, 3.8) is 0 Å². The Morgan fingerprint density at radius 2 is 2.14 bits per heavy atom. The average Bonchev–Trinajstić information content (AvgIpc) is 2.43. The second kappa shape index (κ2) is 7.36. The largest absolute Gasteiger partial charge is 0.507 e. The molecule has 0 amide bonds. The molecule has 120 valence electrons. The molecule has 0 atom stereocenters. The number of aliphatic imine (C=N–C) groups is 1. The Morgan fingerprint density at radius 1 is 1.36 bits per heavy atom. The molecule has 2 nitrogen and oxygen atoms in total. The van der Waals surface area contributed by atoms with Crippen molar-refractivity contribution in [2.45, 2.75) is 62.5 Å². The Labute approximate surface area is 138 Å². The fraction of sp³-hybridized carbons (Fsp3) is 0.526. The van der Waals surface area contributed by atoms with E-state index in [4.69, 9.17) is 0 Å². The Morgan fingerprint density at radius 3 is 2.82 bits per heavy atom. The number of aromatic hydroxyl groups is 1. The van der Waals surface area contributed by atoms with Crippen LogP contribution in [0.4, 0.5) is 0 Å². The highest BCUT2D eigenvalue weighted by Gasteiger charge is 2.32. The van der Waals surface area contributed by atoms with Crippen molar-refractivity contribution in [2.24, 2.45) is 4.99 Å². The van der Waals surface area contributed by atoms with Crippen molar-refractivity contribution in [3.8, 4) is 5.75 Å². The van der Waals surface area contributed by atoms with Gasteiger partial charge in [-0.25, -0.2) is 0 Å². The summed E-state index contributed by atoms with van der Waals surface area (Å²) in [5.41, 5.74) is 3.18. The molecule has 0 saturated carbocycles. The number of rotatable bonds is 6. The van der Waals surface area contributed by atoms with Crippen LogP contribution in [0.25, 0.3) is 0 Å². The van der Waals surface area contributed by atoms with Crippen LogP contribution in [0.1, 0.15) is 57.6 Å². The lowest BCUT2D eigenvalue weighted by molar-refractivity contribution is 0.470. The molecule has 1 aliphatic rings. The predicted octanol–water partition coefficient (Wildman–Crippen LogP) is 5.37. The molecule has 0 saturated heterocycles. The number of unbranched alkanes of at least 4 members (excludes halogenated alkanes) is 2. The second-order valence-corrected chi connectivity index (χ2v) is 8.31. The molecule has 22 heavy (non-hydrogen) atoms. The lowest BCUT2D eigenvalue weighted by Crippen LogP contribution is -2.26. The molecule has 0 aromatic heterocycles. The summed E-state index contributed by atoms with van der Waals surface area (Å²) in [4.78, 5) is 5.80. The molecule has 1 aliphatic heterocycles. The van der Waals surface area contributed by atoms with Crippen LogP contribution < -0.4 is 0 Å². The number of hydrogen-bond donors (Lipinski definition) is 1. The maximum atomic E-state index is 10.5. The number of phenolic OH excluding ortho intramolecular Hbond substituents is 1. The van der Waals surface area contributed by atoms with Gasteiger partial charge in [-0.2, -0.15) is 0 Å². The van der Waals surface area contributed by atoms with Gasteiger partial charge in [-0.3, -0.25) is 4.99 Å². The third kappa shape index (κ3) is 4.16. The first kappa shape index (κ1) is 17.1. The van der Waals surface area contributed by atoms with E-state index in [9.17, 15) is 5.11 Å². The van der Waals surface area contributed by atoms with E-state index in [-0.39, 0.29) is 4.75 Å². The highest BCUT2D eigenvalue weighted by Crippen LogP contribution is 2.46. The number of phenols is 1. The summed E-state index contributed by atoms with van der Waals surface area (Å²) < 4.78 is 0.113. The van der Waals surface area contributed by atoms with Gasteiger partial charge in [0.1, 0.15) is 5.75 Å². The fourth-order valence-electron chi connectivity index (χ4n) is 2.89. The van der Waals surface area contributed by atoms with E-state index < -0.39 is 0 Å². The molecule has 0 spiro atoms. The molecule has 3 heteroatoms. The zero-order valence-electron chi connectivity index (χ0n) is 14.0. The van der Waals surface area contributed by atoms with Crippen molar-refractivity contribution in [1.82, 2.24) is 0 Å². The van der Waals surface area contributed by atoms with E-state index in [1.165, 1.54) is 29.7 Å². The minimum atomic E-state index is 0.113. The molecule has 0 unspecified atom stereocenters. The van der Waals surface area contributed by atoms with E-state index in [0.717, 1.165) is 24.1 Å². The molecule has 2 rings (SSSR count). The minimum Gasteiger partial charge on any atom is -0.507 e. The Balaban J connectivity index is 2.37. The van der Waals surface area contributed by atoms with Crippen LogP contribution in [-0.2, 0) is 6.42 Å². The smallest absolute Gasteiger partial charge is 0.126 e. The van der Waals surface area contributed by atoms with E-state index >= 15 is 0 Å². The Hall–Kier alpha value is -1.22. The minimum absolute atomic E-state index is 0.113. The number of fused-ring (bicyclic) bond motifs is 1. The van der Waals surface area contributed by atoms with Crippen LogP contribution >= 0.6 is 11.8 Å². The fourth-order valence-corrected chi connectivity index (χ4v) is 4.22. The van der Waals surface area contributed by atoms with Gasteiger partial charge in [0.15, 0.2) is 0 Å². The number of nitrogens with zero attached hydrogens (tertiary/aromatic N) is 1. The normalized spacial score (nSPS) is 18.2. The summed E-state index contributed by atoms with van der Waals surface area (Å²) in [5, 5.41) is 10.5. The monoisotopic (exact) mass is 317 g/mol. The first-order valence-electron chi connectivity index (χ1n) is 8.16. The lowest BCUT2D eigenvalue weighted by atomic mass is 9.95. The predicted molar refractivity (Wildman–Crippen MR) is 97.5 cm³/mol. The maximum absolute atomic E-state index is 10.5. The van der Waals surface area contributed by atoms with Gasteiger partial charge in [0.05, 0.1) is 12.1 Å². The van der Waals surface area contributed by atoms with Crippen LogP contribution in [-0.4, -0.2) is 22.1 Å². The molecule has 0 bridgehead atoms. The van der Waals surface area contributed by atoms with Crippen LogP contribution in [0.15, 0.2) is 34.7 Å². The van der Waals surface area contributed by atoms with Crippen molar-refractivity contribution in [1.29, 1.82) is 0 Å². The van der Waals surface area contributed by atoms with E-state index in [1.54, 1.807) is 6.08 Å². The summed E-state index contributed by atoms with van der Waals surface area (Å²) >= 11 is 1.85. The van der Waals surface area contributed by atoms with Crippen molar-refractivity contribution < 1.29 is 5.11 Å². The van der Waals surface area contributed by atoms with Gasteiger partial charge in [0, 0.05) is 21.8 Å². The maximum Gasteiger partial charge on any atom is 0.126 e. The van der Waals surface area contributed by atoms with Crippen LogP contribution in [0.2, 0.25) is 0 Å². The highest BCUT2D eigenvalue weighted by molar-refractivity contribution is 8.00. The highest BCUT2D eigenvalue weighted by atomic mass is 32.2. The van der Waals surface area contributed by atoms with Crippen molar-refractivity contribution in [3.05, 3.63) is 35.9 Å². The average molecular weight is 317 g/mol. The molecular formula is C19H27NOS. The van der Waals surface area contributed by atoms with Crippen molar-refractivity contribution in [2.75, 3.05) is 6.54 Å². The number of thioether (sulfide) groups is 1. The lowest BCUT2D eigenvalue weighted by Gasteiger charge is -2.32. The number of benzene rings is 1. The van der Waals surface area contributed by atoms with Crippen LogP contribution in [0.5, 0.6) is 5.75 Å². The van der Waals surface area contributed by atoms with Gasteiger partial charge in [-0.1, -0.05) is 25.8 Å². The molecule has 1 aromatic carbocycles. The number of aryl methyl sites for hydroxylation is 1. The SMILES string of the molecule is C=CCN=C1CC(C)(C)Sc2cc(CCCCC)cc(O)c21. The van der Waals surface area contributed by atoms with Gasteiger partial charge >= 0.3 is 0 Å². The van der Waals surface area contributed by atoms with E-state index in [1.807, 2.05) is 17.8 Å². The van der Waals surface area contributed by atoms with Crippen molar-refractivity contribution >= 4 is 17.5 Å². The van der Waals surface area contributed by atoms with Crippen LogP contribution in [0, 0.1) is 0 Å². The summed E-state index contributed by atoms with van der Waals surface area (Å²) in [6, 6.07) is 4.18. The first-order chi connectivity index (χ1) is 10.5. The van der Waals surface area contributed by atoms with E-state index in [0.29, 0.717) is 12.3 Å². The van der Waals surface area contributed by atoms with Gasteiger partial charge in [0.2, 0.25) is 0 Å². The van der Waals surface area contributed by atoms with Gasteiger partial charge in [0.25, 0.3) is 0 Å². The number of hydrogen-bond acceptors (Lipinski definition) is 3. The van der Waals surface area contributed by atoms with Gasteiger partial charge in [-0.05, 0) is 44.4 Å². The molecule has 1 N–H and O–H groups in total. The first-order valence-corrected chi connectivity index (χ1v) is 8.98. The van der Waals surface area contributed by atoms with Crippen LogP contribution in [0.3, 0.4) is 0 Å². The summed E-state index contributed by atoms with van der Waals surface area (Å²) in [5.74, 6) is 0.384. The Bertz CT molecular complexity index is 575. The third-order valence-corrected chi connectivity index (χ3v) is 5.13. The molecule has 1 aromatic rings. The molecule has 0 radical (unpaired) electrons. The second-order valence-electron chi connectivity index (χ2n) is 6.56. The molecular weight excluding hydrogens is 290 g/mol. The summed E-state index contributed by atoms with van der Waals surface area (Å²) in [7, 11) is 0. The molecule has 0 fully saturated rings. The standard InChI is InChI=1S/C19H27NOS/c1-5-7-8-9-14-11-16(21)18-15(20-10-6-2)13-19(3,4)22-17(18)12-14/h6,11-12,21H,2,5,7-10,13H2,1,3-4H3. The van der Waals surface area contributed by atoms with Gasteiger partial charge < -0.3 is 5.11 Å². The third-order valence-electron chi connectivity index (χ3n) is 3.89. The van der Waals surface area contributed by atoms with E-state index in [2.05, 4.69) is 38.4 Å². The molecule has 1 heterocycles. The quantitative estimate of drug-likeness (QED) is 0.565. The zero-order valence-corrected chi connectivity index (χ0v) is 14.8. The zero-order chi connectivity index (χ0) is 16.2. The molecule has 0 aliphatic carbocycles. The Kier molecular flexibility index (Phi) is 5.74. The summed E-state index contributed by atoms with van der Waals surface area (Å²) in [6.45, 7) is 11.0.